The summed E-state index contributed by atoms with van der Waals surface area (Å²) in [6.07, 6.45) is 9.25. The van der Waals surface area contributed by atoms with Crippen molar-refractivity contribution in [2.24, 2.45) is 5.92 Å². The van der Waals surface area contributed by atoms with Crippen LogP contribution in [0.1, 0.15) is 78.1 Å². The Labute approximate surface area is 172 Å². The van der Waals surface area contributed by atoms with Crippen LogP contribution in [0.2, 0.25) is 0 Å². The number of benzene rings is 1. The number of hydrogen-bond donors (Lipinski definition) is 0. The third-order valence-electron chi connectivity index (χ3n) is 6.18. The average molecular weight is 382 g/mol. The van der Waals surface area contributed by atoms with Gasteiger partial charge in [0.25, 0.3) is 0 Å². The molecule has 0 bridgehead atoms. The first-order chi connectivity index (χ1) is 13.4. The summed E-state index contributed by atoms with van der Waals surface area (Å²) in [6, 6.07) is 9.03. The molecule has 0 aliphatic heterocycles. The smallest absolute Gasteiger partial charge is 0.114 e. The van der Waals surface area contributed by atoms with Gasteiger partial charge in [0.2, 0.25) is 0 Å². The zero-order valence-corrected chi connectivity index (χ0v) is 18.7. The van der Waals surface area contributed by atoms with E-state index in [4.69, 9.17) is 4.98 Å². The van der Waals surface area contributed by atoms with E-state index in [1.807, 2.05) is 0 Å². The summed E-state index contributed by atoms with van der Waals surface area (Å²) in [7, 11) is 0. The first-order valence-corrected chi connectivity index (χ1v) is 11.3. The highest BCUT2D eigenvalue weighted by atomic mass is 15.1. The van der Waals surface area contributed by atoms with E-state index in [1.165, 1.54) is 49.1 Å². The lowest BCUT2D eigenvalue weighted by Gasteiger charge is -2.25. The van der Waals surface area contributed by atoms with E-state index in [1.54, 1.807) is 0 Å². The lowest BCUT2D eigenvalue weighted by atomic mass is 9.88. The van der Waals surface area contributed by atoms with E-state index in [-0.39, 0.29) is 5.41 Å². The van der Waals surface area contributed by atoms with E-state index >= 15 is 0 Å². The van der Waals surface area contributed by atoms with Crippen molar-refractivity contribution < 1.29 is 0 Å². The zero-order chi connectivity index (χ0) is 20.1. The van der Waals surface area contributed by atoms with E-state index < -0.39 is 0 Å². The van der Waals surface area contributed by atoms with Crippen molar-refractivity contribution in [1.82, 2.24) is 14.5 Å². The summed E-state index contributed by atoms with van der Waals surface area (Å²) in [6.45, 7) is 15.6. The normalized spacial score (nSPS) is 16.1. The fourth-order valence-electron chi connectivity index (χ4n) is 4.43. The minimum atomic E-state index is 0.0651. The van der Waals surface area contributed by atoms with Gasteiger partial charge in [0.05, 0.1) is 5.69 Å². The van der Waals surface area contributed by atoms with Gasteiger partial charge in [0.15, 0.2) is 0 Å². The second-order valence-electron chi connectivity index (χ2n) is 9.51. The molecule has 154 valence electrons. The summed E-state index contributed by atoms with van der Waals surface area (Å²) in [5.41, 5.74) is 3.80. The Kier molecular flexibility index (Phi) is 6.98. The van der Waals surface area contributed by atoms with E-state index in [9.17, 15) is 0 Å². The second-order valence-corrected chi connectivity index (χ2v) is 9.51. The topological polar surface area (TPSA) is 21.1 Å². The van der Waals surface area contributed by atoms with Gasteiger partial charge in [-0.15, -0.1) is 0 Å². The van der Waals surface area contributed by atoms with Gasteiger partial charge in [-0.05, 0) is 37.4 Å². The van der Waals surface area contributed by atoms with Crippen LogP contribution in [0.15, 0.2) is 30.5 Å². The zero-order valence-electron chi connectivity index (χ0n) is 18.7. The number of hydrogen-bond acceptors (Lipinski definition) is 2. The van der Waals surface area contributed by atoms with Crippen molar-refractivity contribution in [2.75, 3.05) is 13.1 Å². The second kappa shape index (κ2) is 9.26. The molecule has 1 fully saturated rings. The van der Waals surface area contributed by atoms with Crippen LogP contribution in [0.25, 0.3) is 11.3 Å². The number of imidazole rings is 1. The molecule has 1 aliphatic carbocycles. The predicted octanol–water partition coefficient (Wildman–Crippen LogP) is 6.27. The highest BCUT2D eigenvalue weighted by Crippen LogP contribution is 2.30. The molecule has 0 spiro atoms. The highest BCUT2D eigenvalue weighted by molar-refractivity contribution is 5.59. The molecule has 0 unspecified atom stereocenters. The first kappa shape index (κ1) is 21.1. The van der Waals surface area contributed by atoms with Crippen molar-refractivity contribution >= 4 is 0 Å². The average Bonchev–Trinajstić information content (AvgIpc) is 3.11. The van der Waals surface area contributed by atoms with E-state index in [0.29, 0.717) is 0 Å². The summed E-state index contributed by atoms with van der Waals surface area (Å²) in [5.74, 6) is 2.04. The molecular weight excluding hydrogens is 342 g/mol. The maximum Gasteiger partial charge on any atom is 0.114 e. The standard InChI is InChI=1S/C25H39N3/c1-6-27(7-2)17-21-13-15-22(16-14-21)23-19-28(24(26-23)25(3,4)5)18-20-11-9-8-10-12-20/h13-16,19-20H,6-12,17-18H2,1-5H3. The SMILES string of the molecule is CCN(CC)Cc1ccc(-c2cn(CC3CCCCC3)c(C(C)(C)C)n2)cc1. The van der Waals surface area contributed by atoms with Crippen LogP contribution in [-0.2, 0) is 18.5 Å². The molecule has 3 heteroatoms. The van der Waals surface area contributed by atoms with Crippen LogP contribution in [0.5, 0.6) is 0 Å². The van der Waals surface area contributed by atoms with Gasteiger partial charge in [-0.2, -0.15) is 0 Å². The maximum absolute atomic E-state index is 5.09. The Morgan fingerprint density at radius 1 is 1.00 bits per heavy atom. The molecule has 1 aromatic heterocycles. The first-order valence-electron chi connectivity index (χ1n) is 11.3. The van der Waals surface area contributed by atoms with Crippen LogP contribution in [0.4, 0.5) is 0 Å². The molecule has 0 atom stereocenters. The van der Waals surface area contributed by atoms with Crippen LogP contribution in [-0.4, -0.2) is 27.5 Å². The summed E-state index contributed by atoms with van der Waals surface area (Å²) in [4.78, 5) is 7.54. The highest BCUT2D eigenvalue weighted by Gasteiger charge is 2.24. The molecule has 2 aromatic rings. The fraction of sp³-hybridized carbons (Fsp3) is 0.640. The number of nitrogens with zero attached hydrogens (tertiary/aromatic N) is 3. The van der Waals surface area contributed by atoms with Crippen LogP contribution >= 0.6 is 0 Å². The van der Waals surface area contributed by atoms with E-state index in [0.717, 1.165) is 37.8 Å². The fourth-order valence-corrected chi connectivity index (χ4v) is 4.43. The van der Waals surface area contributed by atoms with Crippen LogP contribution in [0, 0.1) is 5.92 Å². The van der Waals surface area contributed by atoms with Crippen LogP contribution < -0.4 is 0 Å². The maximum atomic E-state index is 5.09. The van der Waals surface area contributed by atoms with Gasteiger partial charge < -0.3 is 4.57 Å². The molecule has 28 heavy (non-hydrogen) atoms. The molecule has 3 nitrogen and oxygen atoms in total. The van der Waals surface area contributed by atoms with Gasteiger partial charge in [-0.3, -0.25) is 4.90 Å². The Morgan fingerprint density at radius 3 is 2.21 bits per heavy atom. The lowest BCUT2D eigenvalue weighted by molar-refractivity contribution is 0.296. The number of aromatic nitrogens is 2. The Hall–Kier alpha value is -1.61. The van der Waals surface area contributed by atoms with Gasteiger partial charge >= 0.3 is 0 Å². The van der Waals surface area contributed by atoms with Crippen LogP contribution in [0.3, 0.4) is 0 Å². The van der Waals surface area contributed by atoms with Crippen molar-refractivity contribution in [3.63, 3.8) is 0 Å². The molecule has 3 rings (SSSR count). The molecule has 1 aromatic carbocycles. The van der Waals surface area contributed by atoms with Gasteiger partial charge in [0, 0.05) is 30.3 Å². The molecule has 0 N–H and O–H groups in total. The Balaban J connectivity index is 1.81. The predicted molar refractivity (Wildman–Crippen MR) is 120 cm³/mol. The van der Waals surface area contributed by atoms with Gasteiger partial charge in [-0.25, -0.2) is 4.98 Å². The largest absolute Gasteiger partial charge is 0.334 e. The van der Waals surface area contributed by atoms with Gasteiger partial charge in [0.1, 0.15) is 5.82 Å². The minimum absolute atomic E-state index is 0.0651. The Bertz CT molecular complexity index is 726. The third-order valence-corrected chi connectivity index (χ3v) is 6.18. The van der Waals surface area contributed by atoms with Crippen molar-refractivity contribution in [3.05, 3.63) is 41.9 Å². The molecular formula is C25H39N3. The third kappa shape index (κ3) is 5.26. The monoisotopic (exact) mass is 381 g/mol. The van der Waals surface area contributed by atoms with Crippen molar-refractivity contribution in [2.45, 2.75) is 85.2 Å². The molecule has 0 saturated heterocycles. The number of rotatable bonds is 7. The van der Waals surface area contributed by atoms with Crippen molar-refractivity contribution in [3.8, 4) is 11.3 Å². The minimum Gasteiger partial charge on any atom is -0.334 e. The summed E-state index contributed by atoms with van der Waals surface area (Å²) in [5, 5.41) is 0. The Morgan fingerprint density at radius 2 is 1.64 bits per heavy atom. The molecule has 0 radical (unpaired) electrons. The molecule has 1 aliphatic rings. The summed E-state index contributed by atoms with van der Waals surface area (Å²) >= 11 is 0. The quantitative estimate of drug-likeness (QED) is 0.563. The van der Waals surface area contributed by atoms with Crippen molar-refractivity contribution in [1.29, 1.82) is 0 Å². The summed E-state index contributed by atoms with van der Waals surface area (Å²) < 4.78 is 2.45. The lowest BCUT2D eigenvalue weighted by Crippen LogP contribution is -2.22. The molecule has 1 heterocycles. The molecule has 1 saturated carbocycles. The van der Waals surface area contributed by atoms with Gasteiger partial charge in [-0.1, -0.05) is 78.1 Å². The van der Waals surface area contributed by atoms with E-state index in [2.05, 4.69) is 74.5 Å². The molecule has 0 amide bonds.